The highest BCUT2D eigenvalue weighted by Crippen LogP contribution is 2.24. The molecule has 0 unspecified atom stereocenters. The molecule has 100 valence electrons. The maximum atomic E-state index is 9.44. The number of benzene rings is 2. The Morgan fingerprint density at radius 3 is 2.70 bits per heavy atom. The lowest BCUT2D eigenvalue weighted by Gasteiger charge is -1.96. The maximum Gasteiger partial charge on any atom is 0.237 e. The van der Waals surface area contributed by atoms with Crippen LogP contribution in [0.3, 0.4) is 0 Å². The van der Waals surface area contributed by atoms with Gasteiger partial charge >= 0.3 is 0 Å². The van der Waals surface area contributed by atoms with E-state index in [2.05, 4.69) is 10.1 Å². The van der Waals surface area contributed by atoms with Crippen molar-refractivity contribution in [2.45, 2.75) is 10.6 Å². The summed E-state index contributed by atoms with van der Waals surface area (Å²) < 4.78 is 5.22. The second-order valence-corrected chi connectivity index (χ2v) is 5.21. The maximum absolute atomic E-state index is 9.44. The molecule has 1 aromatic heterocycles. The predicted octanol–water partition coefficient (Wildman–Crippen LogP) is 3.73. The van der Waals surface area contributed by atoms with E-state index in [1.807, 2.05) is 36.4 Å². The predicted molar refractivity (Wildman–Crippen MR) is 77.4 cm³/mol. The van der Waals surface area contributed by atoms with Gasteiger partial charge in [0.1, 0.15) is 5.75 Å². The molecule has 0 aliphatic carbocycles. The van der Waals surface area contributed by atoms with Gasteiger partial charge in [-0.2, -0.15) is 4.98 Å². The van der Waals surface area contributed by atoms with Crippen molar-refractivity contribution in [2.75, 3.05) is 0 Å². The van der Waals surface area contributed by atoms with E-state index in [1.54, 1.807) is 30.0 Å². The summed E-state index contributed by atoms with van der Waals surface area (Å²) in [4.78, 5) is 5.48. The number of phenolic OH excluding ortho intramolecular Hbond substituents is 1. The first-order chi connectivity index (χ1) is 9.81. The van der Waals surface area contributed by atoms with Crippen LogP contribution < -0.4 is 0 Å². The minimum absolute atomic E-state index is 0.188. The molecule has 0 bridgehead atoms. The highest BCUT2D eigenvalue weighted by Gasteiger charge is 2.09. The van der Waals surface area contributed by atoms with Crippen molar-refractivity contribution in [3.63, 3.8) is 0 Å². The number of rotatable bonds is 4. The van der Waals surface area contributed by atoms with Gasteiger partial charge < -0.3 is 9.63 Å². The van der Waals surface area contributed by atoms with Crippen LogP contribution in [0.5, 0.6) is 5.75 Å². The van der Waals surface area contributed by atoms with Crippen molar-refractivity contribution in [1.29, 1.82) is 0 Å². The monoisotopic (exact) mass is 284 g/mol. The van der Waals surface area contributed by atoms with Gasteiger partial charge in [0.25, 0.3) is 0 Å². The van der Waals surface area contributed by atoms with E-state index in [4.69, 9.17) is 4.52 Å². The number of aromatic hydroxyl groups is 1. The molecule has 0 fully saturated rings. The van der Waals surface area contributed by atoms with Gasteiger partial charge in [0.05, 0.1) is 5.75 Å². The van der Waals surface area contributed by atoms with Crippen molar-refractivity contribution in [3.8, 4) is 17.1 Å². The Kier molecular flexibility index (Phi) is 3.69. The standard InChI is InChI=1S/C15H12N2O2S/c18-12-6-4-5-11(9-12)15-16-14(19-17-15)10-20-13-7-2-1-3-8-13/h1-9,18H,10H2. The molecule has 5 heteroatoms. The summed E-state index contributed by atoms with van der Waals surface area (Å²) in [6.45, 7) is 0. The Hall–Kier alpha value is -2.27. The van der Waals surface area contributed by atoms with E-state index in [-0.39, 0.29) is 5.75 Å². The second-order valence-electron chi connectivity index (χ2n) is 4.16. The van der Waals surface area contributed by atoms with Gasteiger partial charge in [-0.05, 0) is 24.3 Å². The minimum atomic E-state index is 0.188. The number of thioether (sulfide) groups is 1. The zero-order valence-corrected chi connectivity index (χ0v) is 11.4. The van der Waals surface area contributed by atoms with Gasteiger partial charge in [-0.1, -0.05) is 35.5 Å². The first-order valence-corrected chi connectivity index (χ1v) is 7.10. The van der Waals surface area contributed by atoms with Crippen molar-refractivity contribution in [1.82, 2.24) is 10.1 Å². The topological polar surface area (TPSA) is 59.2 Å². The third kappa shape index (κ3) is 3.00. The second kappa shape index (κ2) is 5.79. The van der Waals surface area contributed by atoms with Gasteiger partial charge in [0.15, 0.2) is 0 Å². The first-order valence-electron chi connectivity index (χ1n) is 6.11. The lowest BCUT2D eigenvalue weighted by Crippen LogP contribution is -1.82. The SMILES string of the molecule is Oc1cccc(-c2noc(CSc3ccccc3)n2)c1. The van der Waals surface area contributed by atoms with E-state index in [9.17, 15) is 5.11 Å². The molecule has 4 nitrogen and oxygen atoms in total. The lowest BCUT2D eigenvalue weighted by molar-refractivity contribution is 0.391. The van der Waals surface area contributed by atoms with Gasteiger partial charge in [0.2, 0.25) is 11.7 Å². The molecule has 0 amide bonds. The van der Waals surface area contributed by atoms with Crippen LogP contribution in [0.4, 0.5) is 0 Å². The van der Waals surface area contributed by atoms with E-state index in [0.717, 1.165) is 10.5 Å². The van der Waals surface area contributed by atoms with Crippen LogP contribution in [0.1, 0.15) is 5.89 Å². The molecule has 0 spiro atoms. The first kappa shape index (κ1) is 12.7. The summed E-state index contributed by atoms with van der Waals surface area (Å²) in [5.74, 6) is 1.87. The van der Waals surface area contributed by atoms with Crippen LogP contribution in [-0.2, 0) is 5.75 Å². The Bertz CT molecular complexity index is 698. The Morgan fingerprint density at radius 2 is 1.90 bits per heavy atom. The molecule has 0 saturated carbocycles. The number of hydrogen-bond donors (Lipinski definition) is 1. The molecule has 0 radical (unpaired) electrons. The summed E-state index contributed by atoms with van der Waals surface area (Å²) in [5, 5.41) is 13.4. The highest BCUT2D eigenvalue weighted by atomic mass is 32.2. The van der Waals surface area contributed by atoms with Crippen LogP contribution in [0.25, 0.3) is 11.4 Å². The molecule has 3 rings (SSSR count). The molecule has 0 saturated heterocycles. The molecular weight excluding hydrogens is 272 g/mol. The summed E-state index contributed by atoms with van der Waals surface area (Å²) in [6, 6.07) is 16.8. The average molecular weight is 284 g/mol. The van der Waals surface area contributed by atoms with Gasteiger partial charge in [-0.3, -0.25) is 0 Å². The average Bonchev–Trinajstić information content (AvgIpc) is 2.95. The lowest BCUT2D eigenvalue weighted by atomic mass is 10.2. The van der Waals surface area contributed by atoms with Crippen LogP contribution in [0.15, 0.2) is 64.0 Å². The van der Waals surface area contributed by atoms with E-state index >= 15 is 0 Å². The van der Waals surface area contributed by atoms with E-state index in [1.165, 1.54) is 0 Å². The molecule has 3 aromatic rings. The molecule has 1 heterocycles. The Labute approximate surface area is 120 Å². The normalized spacial score (nSPS) is 10.6. The third-order valence-corrected chi connectivity index (χ3v) is 3.67. The van der Waals surface area contributed by atoms with Gasteiger partial charge in [-0.25, -0.2) is 0 Å². The quantitative estimate of drug-likeness (QED) is 0.740. The molecule has 0 atom stereocenters. The summed E-state index contributed by atoms with van der Waals surface area (Å²) >= 11 is 1.64. The van der Waals surface area contributed by atoms with Crippen molar-refractivity contribution < 1.29 is 9.63 Å². The molecular formula is C15H12N2O2S. The fourth-order valence-electron chi connectivity index (χ4n) is 1.74. The largest absolute Gasteiger partial charge is 0.508 e. The third-order valence-electron chi connectivity index (χ3n) is 2.68. The van der Waals surface area contributed by atoms with Crippen molar-refractivity contribution >= 4 is 11.8 Å². The van der Waals surface area contributed by atoms with E-state index < -0.39 is 0 Å². The zero-order valence-electron chi connectivity index (χ0n) is 10.6. The van der Waals surface area contributed by atoms with Crippen molar-refractivity contribution in [3.05, 3.63) is 60.5 Å². The number of nitrogens with zero attached hydrogens (tertiary/aromatic N) is 2. The smallest absolute Gasteiger partial charge is 0.237 e. The van der Waals surface area contributed by atoms with Crippen molar-refractivity contribution in [2.24, 2.45) is 0 Å². The number of phenols is 1. The molecule has 2 aromatic carbocycles. The van der Waals surface area contributed by atoms with E-state index in [0.29, 0.717) is 17.5 Å². The number of aromatic nitrogens is 2. The summed E-state index contributed by atoms with van der Waals surface area (Å²) in [6.07, 6.45) is 0. The molecule has 20 heavy (non-hydrogen) atoms. The number of hydrogen-bond acceptors (Lipinski definition) is 5. The van der Waals surface area contributed by atoms with Crippen LogP contribution in [0, 0.1) is 0 Å². The van der Waals surface area contributed by atoms with Crippen LogP contribution in [0.2, 0.25) is 0 Å². The van der Waals surface area contributed by atoms with Gasteiger partial charge in [-0.15, -0.1) is 11.8 Å². The molecule has 0 aliphatic heterocycles. The minimum Gasteiger partial charge on any atom is -0.508 e. The highest BCUT2D eigenvalue weighted by molar-refractivity contribution is 7.98. The summed E-state index contributed by atoms with van der Waals surface area (Å²) in [7, 11) is 0. The fourth-order valence-corrected chi connectivity index (χ4v) is 2.49. The Morgan fingerprint density at radius 1 is 1.05 bits per heavy atom. The zero-order chi connectivity index (χ0) is 13.8. The molecule has 0 aliphatic rings. The summed E-state index contributed by atoms with van der Waals surface area (Å²) in [5.41, 5.74) is 0.740. The fraction of sp³-hybridized carbons (Fsp3) is 0.0667. The molecule has 1 N–H and O–H groups in total. The van der Waals surface area contributed by atoms with Crippen LogP contribution >= 0.6 is 11.8 Å². The Balaban J connectivity index is 1.71. The van der Waals surface area contributed by atoms with Gasteiger partial charge in [0, 0.05) is 10.5 Å². The van der Waals surface area contributed by atoms with Crippen LogP contribution in [-0.4, -0.2) is 15.2 Å².